The molecule has 0 bridgehead atoms. The van der Waals surface area contributed by atoms with Crippen LogP contribution in [0.15, 0.2) is 0 Å². The lowest BCUT2D eigenvalue weighted by molar-refractivity contribution is -0.896. The molecule has 2 unspecified atom stereocenters. The lowest BCUT2D eigenvalue weighted by Gasteiger charge is -2.35. The van der Waals surface area contributed by atoms with Gasteiger partial charge >= 0.3 is 7.82 Å². The zero-order valence-electron chi connectivity index (χ0n) is 23.1. The molecule has 2 atom stereocenters. The Kier molecular flexibility index (Phi) is 19.1. The number of nitrogens with zero attached hydrogens (tertiary/aromatic N) is 1. The Labute approximate surface area is 215 Å². The van der Waals surface area contributed by atoms with Gasteiger partial charge in [-0.05, 0) is 6.42 Å². The van der Waals surface area contributed by atoms with E-state index < -0.39 is 29.0 Å². The highest BCUT2D eigenvalue weighted by Crippen LogP contribution is 2.36. The number of phosphoric acid groups is 1. The minimum Gasteiger partial charge on any atom is -0.380 e. The lowest BCUT2D eigenvalue weighted by Crippen LogP contribution is -2.50. The summed E-state index contributed by atoms with van der Waals surface area (Å²) >= 11 is 0. The number of hydrogen-bond donors (Lipinski definition) is 2. The third kappa shape index (κ3) is 21.7. The molecule has 8 nitrogen and oxygen atoms in total. The summed E-state index contributed by atoms with van der Waals surface area (Å²) in [6.45, 7) is 2.64. The van der Waals surface area contributed by atoms with E-state index in [1.165, 1.54) is 83.3 Å². The summed E-state index contributed by atoms with van der Waals surface area (Å²) in [6.07, 6.45) is 19.4. The molecule has 0 aromatic rings. The van der Waals surface area contributed by atoms with Crippen LogP contribution < -0.4 is 0 Å². The largest absolute Gasteiger partial charge is 0.469 e. The predicted molar refractivity (Wildman–Crippen MR) is 144 cm³/mol. The van der Waals surface area contributed by atoms with E-state index in [9.17, 15) is 13.0 Å². The molecule has 0 radical (unpaired) electrons. The smallest absolute Gasteiger partial charge is 0.380 e. The summed E-state index contributed by atoms with van der Waals surface area (Å²) in [7, 11) is -2.45. The molecular weight excluding hydrogens is 489 g/mol. The van der Waals surface area contributed by atoms with Crippen molar-refractivity contribution in [3.63, 3.8) is 0 Å². The fourth-order valence-corrected chi connectivity index (χ4v) is 5.36. The Bertz CT molecular complexity index is 661. The van der Waals surface area contributed by atoms with Gasteiger partial charge in [0, 0.05) is 19.3 Å². The summed E-state index contributed by atoms with van der Waals surface area (Å²) in [5.74, 6) is 0. The van der Waals surface area contributed by atoms with Gasteiger partial charge in [-0.3, -0.25) is 4.52 Å². The predicted octanol–water partition coefficient (Wildman–Crippen LogP) is 5.47. The van der Waals surface area contributed by atoms with E-state index in [-0.39, 0.29) is 19.6 Å². The monoisotopic (exact) mass is 544 g/mol. The molecule has 0 aliphatic carbocycles. The molecule has 0 fully saturated rings. The minimum atomic E-state index is -4.62. The summed E-state index contributed by atoms with van der Waals surface area (Å²) in [6, 6.07) is -0.396. The van der Waals surface area contributed by atoms with Gasteiger partial charge in [0.2, 0.25) is 0 Å². The van der Waals surface area contributed by atoms with Crippen molar-refractivity contribution >= 4 is 17.7 Å². The van der Waals surface area contributed by atoms with E-state index in [0.717, 1.165) is 12.8 Å². The first-order valence-corrected chi connectivity index (χ1v) is 17.0. The highest BCUT2D eigenvalue weighted by Gasteiger charge is 2.34. The highest BCUT2D eigenvalue weighted by molar-refractivity contribution is 7.91. The van der Waals surface area contributed by atoms with E-state index in [4.69, 9.17) is 14.5 Å². The van der Waals surface area contributed by atoms with Gasteiger partial charge in [-0.1, -0.05) is 90.4 Å². The van der Waals surface area contributed by atoms with Crippen molar-refractivity contribution in [3.05, 3.63) is 0 Å². The van der Waals surface area contributed by atoms with E-state index in [1.807, 2.05) is 21.1 Å². The number of quaternary nitrogens is 1. The molecular formula is C25H55NO7PS+. The molecule has 0 heterocycles. The van der Waals surface area contributed by atoms with Gasteiger partial charge in [-0.2, -0.15) is 0 Å². The second-order valence-electron chi connectivity index (χ2n) is 10.9. The molecule has 10 heteroatoms. The summed E-state index contributed by atoms with van der Waals surface area (Å²) in [5.41, 5.74) is 0. The SMILES string of the molecule is CCCCCCCCCCCCCCCCOCC(CC(COP(=O)(O)O)[N+](C)(C)C)S(C)(=O)=O. The molecule has 0 spiro atoms. The van der Waals surface area contributed by atoms with Gasteiger partial charge in [0.1, 0.15) is 12.6 Å². The first-order chi connectivity index (χ1) is 16.3. The van der Waals surface area contributed by atoms with Crippen LogP contribution in [0.4, 0.5) is 0 Å². The normalized spacial score (nSPS) is 14.8. The molecule has 2 N–H and O–H groups in total. The number of rotatable bonds is 24. The molecule has 0 saturated carbocycles. The molecule has 0 aliphatic rings. The first-order valence-electron chi connectivity index (χ1n) is 13.5. The van der Waals surface area contributed by atoms with Crippen LogP contribution in [0.25, 0.3) is 0 Å². The molecule has 0 aliphatic heterocycles. The van der Waals surface area contributed by atoms with Crippen molar-refractivity contribution in [2.24, 2.45) is 0 Å². The quantitative estimate of drug-likeness (QED) is 0.0941. The van der Waals surface area contributed by atoms with Crippen molar-refractivity contribution in [2.75, 3.05) is 47.2 Å². The Hall–Kier alpha value is -0.0200. The van der Waals surface area contributed by atoms with Gasteiger partial charge in [0.15, 0.2) is 9.84 Å². The van der Waals surface area contributed by atoms with E-state index >= 15 is 0 Å². The minimum absolute atomic E-state index is 0.0870. The van der Waals surface area contributed by atoms with Crippen molar-refractivity contribution in [3.8, 4) is 0 Å². The Morgan fingerprint density at radius 1 is 0.771 bits per heavy atom. The van der Waals surface area contributed by atoms with Gasteiger partial charge < -0.3 is 19.0 Å². The third-order valence-electron chi connectivity index (χ3n) is 6.62. The molecule has 35 heavy (non-hydrogen) atoms. The fourth-order valence-electron chi connectivity index (χ4n) is 4.07. The molecule has 0 rings (SSSR count). The van der Waals surface area contributed by atoms with Gasteiger partial charge in [-0.25, -0.2) is 13.0 Å². The maximum absolute atomic E-state index is 12.3. The molecule has 212 valence electrons. The summed E-state index contributed by atoms with van der Waals surface area (Å²) in [4.78, 5) is 18.0. The second-order valence-corrected chi connectivity index (χ2v) is 14.5. The van der Waals surface area contributed by atoms with Crippen molar-refractivity contribution in [2.45, 2.75) is 115 Å². The maximum atomic E-state index is 12.3. The molecule has 0 aromatic heterocycles. The average Bonchev–Trinajstić information content (AvgIpc) is 2.72. The standard InChI is InChI=1S/C25H54NO7PS/c1-6-7-8-9-10-11-12-13-14-15-16-17-18-19-20-32-23-25(35(5,30)31)21-24(26(2,3)4)22-33-34(27,28)29/h24-25H,6-23H2,1-5H3,(H-,27,28,29)/p+1. The number of unbranched alkanes of at least 4 members (excludes halogenated alkanes) is 13. The maximum Gasteiger partial charge on any atom is 0.469 e. The van der Waals surface area contributed by atoms with Crippen LogP contribution in [0.1, 0.15) is 103 Å². The Morgan fingerprint density at radius 3 is 1.57 bits per heavy atom. The molecule has 0 amide bonds. The Morgan fingerprint density at radius 2 is 1.20 bits per heavy atom. The van der Waals surface area contributed by atoms with Crippen LogP contribution >= 0.6 is 7.82 Å². The van der Waals surface area contributed by atoms with Crippen LogP contribution in [0.3, 0.4) is 0 Å². The van der Waals surface area contributed by atoms with E-state index in [2.05, 4.69) is 11.4 Å². The first kappa shape index (κ1) is 35.0. The number of hydrogen-bond acceptors (Lipinski definition) is 5. The van der Waals surface area contributed by atoms with Crippen LogP contribution in [-0.4, -0.2) is 81.2 Å². The Balaban J connectivity index is 4.05. The highest BCUT2D eigenvalue weighted by atomic mass is 32.2. The number of sulfone groups is 1. The van der Waals surface area contributed by atoms with Crippen LogP contribution in [-0.2, 0) is 23.7 Å². The lowest BCUT2D eigenvalue weighted by atomic mass is 10.0. The topological polar surface area (TPSA) is 110 Å². The van der Waals surface area contributed by atoms with Gasteiger partial charge in [-0.15, -0.1) is 0 Å². The van der Waals surface area contributed by atoms with Crippen molar-refractivity contribution in [1.29, 1.82) is 0 Å². The average molecular weight is 545 g/mol. The molecule has 0 aromatic carbocycles. The second kappa shape index (κ2) is 19.1. The van der Waals surface area contributed by atoms with E-state index in [0.29, 0.717) is 11.1 Å². The summed E-state index contributed by atoms with van der Waals surface area (Å²) < 4.78 is 46.4. The third-order valence-corrected chi connectivity index (χ3v) is 8.64. The van der Waals surface area contributed by atoms with Crippen LogP contribution in [0, 0.1) is 0 Å². The summed E-state index contributed by atoms with van der Waals surface area (Å²) in [5, 5.41) is -0.739. The van der Waals surface area contributed by atoms with Gasteiger partial charge in [0.05, 0.1) is 33.0 Å². The fraction of sp³-hybridized carbons (Fsp3) is 1.00. The number of ether oxygens (including phenoxy) is 1. The van der Waals surface area contributed by atoms with Crippen LogP contribution in [0.2, 0.25) is 0 Å². The zero-order chi connectivity index (χ0) is 26.8. The van der Waals surface area contributed by atoms with Crippen molar-refractivity contribution in [1.82, 2.24) is 0 Å². The zero-order valence-corrected chi connectivity index (χ0v) is 24.8. The number of likely N-dealkylation sites (N-methyl/N-ethyl adjacent to an activating group) is 1. The van der Waals surface area contributed by atoms with Crippen molar-refractivity contribution < 1.29 is 36.5 Å². The number of phosphoric ester groups is 1. The van der Waals surface area contributed by atoms with Crippen LogP contribution in [0.5, 0.6) is 0 Å². The van der Waals surface area contributed by atoms with Gasteiger partial charge in [0.25, 0.3) is 0 Å². The van der Waals surface area contributed by atoms with E-state index in [1.54, 1.807) is 0 Å². The molecule has 0 saturated heterocycles.